The van der Waals surface area contributed by atoms with Gasteiger partial charge in [-0.2, -0.15) is 0 Å². The Balaban J connectivity index is 0.00000289. The summed E-state index contributed by atoms with van der Waals surface area (Å²) in [7, 11) is 0. The Morgan fingerprint density at radius 1 is 1.44 bits per heavy atom. The molecule has 1 rings (SSSR count). The molecule has 1 heterocycles. The fourth-order valence-electron chi connectivity index (χ4n) is 2.10. The molecule has 0 saturated carbocycles. The monoisotopic (exact) mass is 277 g/mol. The Morgan fingerprint density at radius 2 is 2.06 bits per heavy atom. The molecule has 2 atom stereocenters. The molecule has 108 valence electrons. The summed E-state index contributed by atoms with van der Waals surface area (Å²) in [4.78, 5) is 14.0. The van der Waals surface area contributed by atoms with Crippen LogP contribution in [0.3, 0.4) is 0 Å². The van der Waals surface area contributed by atoms with Gasteiger partial charge in [0.05, 0.1) is 6.54 Å². The maximum atomic E-state index is 11.8. The van der Waals surface area contributed by atoms with E-state index < -0.39 is 0 Å². The summed E-state index contributed by atoms with van der Waals surface area (Å²) in [5.41, 5.74) is 5.95. The van der Waals surface area contributed by atoms with Crippen molar-refractivity contribution in [1.29, 1.82) is 0 Å². The van der Waals surface area contributed by atoms with Crippen LogP contribution in [0, 0.1) is 11.3 Å². The van der Waals surface area contributed by atoms with Gasteiger partial charge in [0.2, 0.25) is 5.91 Å². The molecule has 1 saturated heterocycles. The van der Waals surface area contributed by atoms with Crippen LogP contribution in [-0.2, 0) is 4.79 Å². The topological polar surface area (TPSA) is 58.4 Å². The normalized spacial score (nSPS) is 25.9. The molecule has 0 aromatic carbocycles. The number of nitrogens with two attached hydrogens (primary N) is 1. The van der Waals surface area contributed by atoms with Crippen molar-refractivity contribution in [3.05, 3.63) is 0 Å². The van der Waals surface area contributed by atoms with Crippen molar-refractivity contribution in [2.45, 2.75) is 40.2 Å². The predicted octanol–water partition coefficient (Wildman–Crippen LogP) is 1.24. The van der Waals surface area contributed by atoms with Crippen LogP contribution in [0.2, 0.25) is 0 Å². The largest absolute Gasteiger partial charge is 0.352 e. The van der Waals surface area contributed by atoms with Gasteiger partial charge in [-0.15, -0.1) is 12.4 Å². The van der Waals surface area contributed by atoms with Gasteiger partial charge in [0.15, 0.2) is 0 Å². The highest BCUT2D eigenvalue weighted by Gasteiger charge is 2.33. The van der Waals surface area contributed by atoms with E-state index in [9.17, 15) is 4.79 Å². The van der Waals surface area contributed by atoms with Gasteiger partial charge in [-0.3, -0.25) is 9.69 Å². The van der Waals surface area contributed by atoms with Crippen molar-refractivity contribution in [2.75, 3.05) is 26.2 Å². The SMILES string of the molecule is CC(C)C(C)NC(=O)CN1CCC(C)(CN)C1.Cl. The minimum Gasteiger partial charge on any atom is -0.352 e. The molecule has 0 radical (unpaired) electrons. The average Bonchev–Trinajstić information content (AvgIpc) is 2.60. The molecule has 1 fully saturated rings. The Kier molecular flexibility index (Phi) is 7.18. The van der Waals surface area contributed by atoms with E-state index in [2.05, 4.69) is 37.9 Å². The quantitative estimate of drug-likeness (QED) is 0.795. The Labute approximate surface area is 117 Å². The zero-order valence-electron chi connectivity index (χ0n) is 12.0. The molecule has 1 aliphatic heterocycles. The van der Waals surface area contributed by atoms with Gasteiger partial charge in [0, 0.05) is 12.6 Å². The fraction of sp³-hybridized carbons (Fsp3) is 0.923. The standard InChI is InChI=1S/C13H27N3O.ClH/c1-10(2)11(3)15-12(17)7-16-6-5-13(4,8-14)9-16;/h10-11H,5-9,14H2,1-4H3,(H,15,17);1H. The van der Waals surface area contributed by atoms with E-state index in [1.807, 2.05) is 0 Å². The van der Waals surface area contributed by atoms with Crippen molar-refractivity contribution >= 4 is 18.3 Å². The van der Waals surface area contributed by atoms with Gasteiger partial charge < -0.3 is 11.1 Å². The summed E-state index contributed by atoms with van der Waals surface area (Å²) in [5, 5.41) is 3.04. The predicted molar refractivity (Wildman–Crippen MR) is 77.9 cm³/mol. The van der Waals surface area contributed by atoms with Crippen molar-refractivity contribution in [3.63, 3.8) is 0 Å². The lowest BCUT2D eigenvalue weighted by Gasteiger charge is -2.23. The second-order valence-corrected chi connectivity index (χ2v) is 6.08. The highest BCUT2D eigenvalue weighted by Crippen LogP contribution is 2.27. The molecule has 18 heavy (non-hydrogen) atoms. The average molecular weight is 278 g/mol. The van der Waals surface area contributed by atoms with Gasteiger partial charge in [-0.25, -0.2) is 0 Å². The number of carbonyl (C=O) groups excluding carboxylic acids is 1. The first-order valence-electron chi connectivity index (χ1n) is 6.58. The molecular weight excluding hydrogens is 250 g/mol. The van der Waals surface area contributed by atoms with Crippen LogP contribution < -0.4 is 11.1 Å². The van der Waals surface area contributed by atoms with Crippen LogP contribution in [0.15, 0.2) is 0 Å². The number of hydrogen-bond acceptors (Lipinski definition) is 3. The van der Waals surface area contributed by atoms with E-state index in [-0.39, 0.29) is 29.8 Å². The van der Waals surface area contributed by atoms with Gasteiger partial charge in [0.25, 0.3) is 0 Å². The maximum Gasteiger partial charge on any atom is 0.234 e. The van der Waals surface area contributed by atoms with Crippen LogP contribution in [0.5, 0.6) is 0 Å². The molecule has 0 aliphatic carbocycles. The Morgan fingerprint density at radius 3 is 2.50 bits per heavy atom. The number of amides is 1. The molecule has 0 aromatic heterocycles. The highest BCUT2D eigenvalue weighted by molar-refractivity contribution is 5.85. The van der Waals surface area contributed by atoms with Crippen molar-refractivity contribution in [1.82, 2.24) is 10.2 Å². The number of nitrogens with zero attached hydrogens (tertiary/aromatic N) is 1. The number of rotatable bonds is 5. The number of likely N-dealkylation sites (tertiary alicyclic amines) is 1. The lowest BCUT2D eigenvalue weighted by molar-refractivity contribution is -0.122. The summed E-state index contributed by atoms with van der Waals surface area (Å²) >= 11 is 0. The van der Waals surface area contributed by atoms with E-state index in [0.29, 0.717) is 19.0 Å². The molecule has 1 amide bonds. The van der Waals surface area contributed by atoms with Crippen molar-refractivity contribution in [3.8, 4) is 0 Å². The molecular formula is C13H28ClN3O. The highest BCUT2D eigenvalue weighted by atomic mass is 35.5. The first-order valence-corrected chi connectivity index (χ1v) is 6.58. The van der Waals surface area contributed by atoms with E-state index in [1.54, 1.807) is 0 Å². The number of nitrogens with one attached hydrogen (secondary N) is 1. The van der Waals surface area contributed by atoms with Gasteiger partial charge in [-0.1, -0.05) is 20.8 Å². The molecule has 4 nitrogen and oxygen atoms in total. The lowest BCUT2D eigenvalue weighted by Crippen LogP contribution is -2.43. The van der Waals surface area contributed by atoms with Crippen molar-refractivity contribution in [2.24, 2.45) is 17.1 Å². The summed E-state index contributed by atoms with van der Waals surface area (Å²) in [6.45, 7) is 11.6. The zero-order chi connectivity index (χ0) is 13.1. The Bertz CT molecular complexity index is 273. The van der Waals surface area contributed by atoms with Gasteiger partial charge >= 0.3 is 0 Å². The van der Waals surface area contributed by atoms with Gasteiger partial charge in [-0.05, 0) is 37.8 Å². The summed E-state index contributed by atoms with van der Waals surface area (Å²) in [5.74, 6) is 0.610. The smallest absolute Gasteiger partial charge is 0.234 e. The number of halogens is 1. The summed E-state index contributed by atoms with van der Waals surface area (Å²) < 4.78 is 0. The number of hydrogen-bond donors (Lipinski definition) is 2. The van der Waals surface area contributed by atoms with E-state index in [0.717, 1.165) is 19.5 Å². The molecule has 3 N–H and O–H groups in total. The molecule has 5 heteroatoms. The molecule has 0 aromatic rings. The molecule has 0 bridgehead atoms. The first-order chi connectivity index (χ1) is 7.86. The van der Waals surface area contributed by atoms with E-state index in [4.69, 9.17) is 5.73 Å². The molecule has 2 unspecified atom stereocenters. The van der Waals surface area contributed by atoms with E-state index >= 15 is 0 Å². The van der Waals surface area contributed by atoms with Crippen LogP contribution >= 0.6 is 12.4 Å². The zero-order valence-corrected chi connectivity index (χ0v) is 12.8. The molecule has 1 aliphatic rings. The maximum absolute atomic E-state index is 11.8. The minimum atomic E-state index is 0. The summed E-state index contributed by atoms with van der Waals surface area (Å²) in [6, 6.07) is 0.242. The van der Waals surface area contributed by atoms with Crippen LogP contribution in [-0.4, -0.2) is 43.0 Å². The third-order valence-corrected chi connectivity index (χ3v) is 3.89. The minimum absolute atomic E-state index is 0. The third-order valence-electron chi connectivity index (χ3n) is 3.89. The van der Waals surface area contributed by atoms with Crippen molar-refractivity contribution < 1.29 is 4.79 Å². The lowest BCUT2D eigenvalue weighted by atomic mass is 9.90. The van der Waals surface area contributed by atoms with Crippen LogP contribution in [0.1, 0.15) is 34.1 Å². The van der Waals surface area contributed by atoms with Crippen LogP contribution in [0.25, 0.3) is 0 Å². The fourth-order valence-corrected chi connectivity index (χ4v) is 2.10. The Hall–Kier alpha value is -0.320. The summed E-state index contributed by atoms with van der Waals surface area (Å²) in [6.07, 6.45) is 1.09. The van der Waals surface area contributed by atoms with Gasteiger partial charge in [0.1, 0.15) is 0 Å². The second kappa shape index (κ2) is 7.31. The van der Waals surface area contributed by atoms with Crippen LogP contribution in [0.4, 0.5) is 0 Å². The second-order valence-electron chi connectivity index (χ2n) is 6.08. The molecule has 0 spiro atoms. The third kappa shape index (κ3) is 5.12. The first kappa shape index (κ1) is 17.7. The number of carbonyl (C=O) groups is 1. The van der Waals surface area contributed by atoms with E-state index in [1.165, 1.54) is 0 Å².